The van der Waals surface area contributed by atoms with Crippen molar-refractivity contribution >= 4 is 11.6 Å². The fraction of sp³-hybridized carbons (Fsp3) is 0.429. The number of ether oxygens (including phenoxy) is 3. The second kappa shape index (κ2) is 7.17. The van der Waals surface area contributed by atoms with Crippen LogP contribution in [-0.2, 0) is 0 Å². The Labute approximate surface area is 128 Å². The molecule has 6 nitrogen and oxygen atoms in total. The highest BCUT2D eigenvalue weighted by Gasteiger charge is 2.18. The van der Waals surface area contributed by atoms with Gasteiger partial charge >= 0.3 is 5.35 Å². The van der Waals surface area contributed by atoms with Gasteiger partial charge in [0.15, 0.2) is 11.5 Å². The molecule has 0 N–H and O–H groups in total. The molecule has 0 amide bonds. The van der Waals surface area contributed by atoms with Crippen LogP contribution in [0.15, 0.2) is 16.5 Å². The lowest BCUT2D eigenvalue weighted by molar-refractivity contribution is 0.261. The van der Waals surface area contributed by atoms with E-state index in [1.807, 2.05) is 20.8 Å². The van der Waals surface area contributed by atoms with Crippen LogP contribution < -0.4 is 14.2 Å². The van der Waals surface area contributed by atoms with Crippen molar-refractivity contribution in [2.24, 2.45) is 0 Å². The fourth-order valence-electron chi connectivity index (χ4n) is 1.83. The standard InChI is InChI=1S/C14H17ClN2O4/c1-4-18-10-7-9(13-16-17-14(15)21-13)8-11(19-5-2)12(10)20-6-3/h7-8H,4-6H2,1-3H3. The average Bonchev–Trinajstić information content (AvgIpc) is 2.89. The summed E-state index contributed by atoms with van der Waals surface area (Å²) in [7, 11) is 0. The summed E-state index contributed by atoms with van der Waals surface area (Å²) in [5.41, 5.74) is 0.657. The van der Waals surface area contributed by atoms with E-state index in [0.717, 1.165) is 0 Å². The lowest BCUT2D eigenvalue weighted by Crippen LogP contribution is -2.03. The maximum atomic E-state index is 5.67. The van der Waals surface area contributed by atoms with Gasteiger partial charge in [-0.1, -0.05) is 5.10 Å². The molecule has 0 aliphatic carbocycles. The molecule has 0 saturated heterocycles. The van der Waals surface area contributed by atoms with Crippen molar-refractivity contribution in [3.05, 3.63) is 17.5 Å². The van der Waals surface area contributed by atoms with E-state index in [-0.39, 0.29) is 5.35 Å². The summed E-state index contributed by atoms with van der Waals surface area (Å²) in [5.74, 6) is 1.99. The van der Waals surface area contributed by atoms with E-state index in [2.05, 4.69) is 10.2 Å². The summed E-state index contributed by atoms with van der Waals surface area (Å²) in [6.45, 7) is 7.20. The molecule has 0 radical (unpaired) electrons. The van der Waals surface area contributed by atoms with Crippen molar-refractivity contribution in [2.75, 3.05) is 19.8 Å². The van der Waals surface area contributed by atoms with Gasteiger partial charge in [0.2, 0.25) is 11.6 Å². The highest BCUT2D eigenvalue weighted by atomic mass is 35.5. The monoisotopic (exact) mass is 312 g/mol. The van der Waals surface area contributed by atoms with Gasteiger partial charge in [0, 0.05) is 5.56 Å². The predicted octanol–water partition coefficient (Wildman–Crippen LogP) is 3.59. The number of rotatable bonds is 7. The summed E-state index contributed by atoms with van der Waals surface area (Å²) in [6, 6.07) is 3.53. The van der Waals surface area contributed by atoms with Gasteiger partial charge in [-0.25, -0.2) is 0 Å². The van der Waals surface area contributed by atoms with E-state index < -0.39 is 0 Å². The first-order chi connectivity index (χ1) is 10.2. The second-order valence-electron chi connectivity index (χ2n) is 3.96. The van der Waals surface area contributed by atoms with E-state index in [0.29, 0.717) is 48.5 Å². The predicted molar refractivity (Wildman–Crippen MR) is 78.3 cm³/mol. The molecular formula is C14H17ClN2O4. The SMILES string of the molecule is CCOc1cc(-c2nnc(Cl)o2)cc(OCC)c1OCC. The number of hydrogen-bond donors (Lipinski definition) is 0. The van der Waals surface area contributed by atoms with E-state index in [1.54, 1.807) is 12.1 Å². The minimum atomic E-state index is -0.0187. The number of nitrogens with zero attached hydrogens (tertiary/aromatic N) is 2. The third kappa shape index (κ3) is 3.58. The molecule has 1 heterocycles. The zero-order chi connectivity index (χ0) is 15.2. The van der Waals surface area contributed by atoms with Crippen molar-refractivity contribution in [1.29, 1.82) is 0 Å². The molecule has 0 unspecified atom stereocenters. The van der Waals surface area contributed by atoms with Crippen LogP contribution in [0.1, 0.15) is 20.8 Å². The molecule has 21 heavy (non-hydrogen) atoms. The minimum absolute atomic E-state index is 0.0187. The molecule has 114 valence electrons. The van der Waals surface area contributed by atoms with Crippen LogP contribution in [0.2, 0.25) is 5.35 Å². The van der Waals surface area contributed by atoms with Gasteiger partial charge in [-0.05, 0) is 44.5 Å². The van der Waals surface area contributed by atoms with Gasteiger partial charge < -0.3 is 18.6 Å². The van der Waals surface area contributed by atoms with Gasteiger partial charge in [-0.3, -0.25) is 0 Å². The summed E-state index contributed by atoms with van der Waals surface area (Å²) in [6.07, 6.45) is 0. The number of aromatic nitrogens is 2. The van der Waals surface area contributed by atoms with E-state index >= 15 is 0 Å². The van der Waals surface area contributed by atoms with Gasteiger partial charge in [-0.15, -0.1) is 5.10 Å². The first kappa shape index (κ1) is 15.4. The van der Waals surface area contributed by atoms with Crippen LogP contribution in [-0.4, -0.2) is 30.0 Å². The van der Waals surface area contributed by atoms with Crippen molar-refractivity contribution < 1.29 is 18.6 Å². The molecule has 7 heteroatoms. The smallest absolute Gasteiger partial charge is 0.313 e. The summed E-state index contributed by atoms with van der Waals surface area (Å²) in [5, 5.41) is 7.48. The molecule has 0 fully saturated rings. The van der Waals surface area contributed by atoms with Crippen LogP contribution >= 0.6 is 11.6 Å². The molecule has 0 bridgehead atoms. The molecule has 2 rings (SSSR count). The summed E-state index contributed by atoms with van der Waals surface area (Å²) >= 11 is 5.67. The van der Waals surface area contributed by atoms with Crippen molar-refractivity contribution in [3.63, 3.8) is 0 Å². The molecule has 0 aliphatic heterocycles. The Balaban J connectivity index is 2.51. The van der Waals surface area contributed by atoms with Crippen molar-refractivity contribution in [3.8, 4) is 28.7 Å². The van der Waals surface area contributed by atoms with E-state index in [1.165, 1.54) is 0 Å². The Hall–Kier alpha value is -1.95. The lowest BCUT2D eigenvalue weighted by atomic mass is 10.2. The van der Waals surface area contributed by atoms with Crippen LogP contribution in [0.25, 0.3) is 11.5 Å². The first-order valence-corrected chi connectivity index (χ1v) is 7.13. The minimum Gasteiger partial charge on any atom is -0.490 e. The number of halogens is 1. The molecule has 0 aliphatic rings. The Kier molecular flexibility index (Phi) is 5.27. The van der Waals surface area contributed by atoms with Crippen LogP contribution in [0.5, 0.6) is 17.2 Å². The largest absolute Gasteiger partial charge is 0.490 e. The normalized spacial score (nSPS) is 10.5. The van der Waals surface area contributed by atoms with E-state index in [4.69, 9.17) is 30.2 Å². The van der Waals surface area contributed by atoms with Gasteiger partial charge in [0.1, 0.15) is 0 Å². The van der Waals surface area contributed by atoms with Crippen LogP contribution in [0.4, 0.5) is 0 Å². The molecular weight excluding hydrogens is 296 g/mol. The number of benzene rings is 1. The molecule has 2 aromatic rings. The molecule has 1 aromatic carbocycles. The fourth-order valence-corrected chi connectivity index (χ4v) is 1.95. The van der Waals surface area contributed by atoms with Crippen molar-refractivity contribution in [2.45, 2.75) is 20.8 Å². The first-order valence-electron chi connectivity index (χ1n) is 6.75. The second-order valence-corrected chi connectivity index (χ2v) is 4.28. The topological polar surface area (TPSA) is 66.6 Å². The summed E-state index contributed by atoms with van der Waals surface area (Å²) < 4.78 is 22.1. The highest BCUT2D eigenvalue weighted by Crippen LogP contribution is 2.41. The van der Waals surface area contributed by atoms with Crippen LogP contribution in [0, 0.1) is 0 Å². The Bertz CT molecular complexity index is 573. The third-order valence-electron chi connectivity index (χ3n) is 2.56. The van der Waals surface area contributed by atoms with Gasteiger partial charge in [0.25, 0.3) is 0 Å². The van der Waals surface area contributed by atoms with Gasteiger partial charge in [0.05, 0.1) is 19.8 Å². The zero-order valence-electron chi connectivity index (χ0n) is 12.2. The lowest BCUT2D eigenvalue weighted by Gasteiger charge is -2.16. The maximum Gasteiger partial charge on any atom is 0.313 e. The maximum absolute atomic E-state index is 5.67. The third-order valence-corrected chi connectivity index (χ3v) is 2.71. The average molecular weight is 313 g/mol. The highest BCUT2D eigenvalue weighted by molar-refractivity contribution is 6.27. The quantitative estimate of drug-likeness (QED) is 0.778. The Morgan fingerprint density at radius 3 is 1.95 bits per heavy atom. The zero-order valence-corrected chi connectivity index (χ0v) is 12.9. The molecule has 0 spiro atoms. The number of hydrogen-bond acceptors (Lipinski definition) is 6. The molecule has 0 atom stereocenters. The molecule has 0 saturated carbocycles. The van der Waals surface area contributed by atoms with E-state index in [9.17, 15) is 0 Å². The van der Waals surface area contributed by atoms with Crippen LogP contribution in [0.3, 0.4) is 0 Å². The summed E-state index contributed by atoms with van der Waals surface area (Å²) in [4.78, 5) is 0. The molecule has 1 aromatic heterocycles. The van der Waals surface area contributed by atoms with Crippen molar-refractivity contribution in [1.82, 2.24) is 10.2 Å². The Morgan fingerprint density at radius 1 is 0.952 bits per heavy atom. The van der Waals surface area contributed by atoms with Gasteiger partial charge in [-0.2, -0.15) is 0 Å². The Morgan fingerprint density at radius 2 is 1.52 bits per heavy atom.